The van der Waals surface area contributed by atoms with E-state index in [-0.39, 0.29) is 28.8 Å². The SMILES string of the molecule is CC(C)(C)[Si](C)(C)OC(Br)Cc1c[nH]c(=O)c(C2(F)COC2)c1. The molecule has 0 aliphatic carbocycles. The highest BCUT2D eigenvalue weighted by molar-refractivity contribution is 9.09. The molecule has 0 bridgehead atoms. The minimum absolute atomic E-state index is 0.0578. The summed E-state index contributed by atoms with van der Waals surface area (Å²) in [5.41, 5.74) is -1.07. The van der Waals surface area contributed by atoms with Crippen LogP contribution >= 0.6 is 15.9 Å². The Labute approximate surface area is 146 Å². The number of hydrogen-bond donors (Lipinski definition) is 1. The molecule has 1 aliphatic rings. The molecule has 1 aromatic rings. The van der Waals surface area contributed by atoms with Crippen LogP contribution in [0.2, 0.25) is 18.1 Å². The van der Waals surface area contributed by atoms with Crippen molar-refractivity contribution in [3.05, 3.63) is 33.7 Å². The van der Waals surface area contributed by atoms with Crippen LogP contribution in [0, 0.1) is 0 Å². The molecule has 4 nitrogen and oxygen atoms in total. The fourth-order valence-corrected chi connectivity index (χ4v) is 4.99. The maximum atomic E-state index is 14.5. The Bertz CT molecular complexity index is 622. The molecule has 0 amide bonds. The zero-order chi connectivity index (χ0) is 17.5. The largest absolute Gasteiger partial charge is 0.404 e. The zero-order valence-electron chi connectivity index (χ0n) is 14.3. The number of rotatable bonds is 5. The lowest BCUT2D eigenvalue weighted by atomic mass is 9.94. The smallest absolute Gasteiger partial charge is 0.254 e. The van der Waals surface area contributed by atoms with Crippen molar-refractivity contribution in [2.75, 3.05) is 13.2 Å². The van der Waals surface area contributed by atoms with Gasteiger partial charge in [-0.3, -0.25) is 4.79 Å². The molecule has 1 aromatic heterocycles. The van der Waals surface area contributed by atoms with Crippen LogP contribution in [0.4, 0.5) is 4.39 Å². The Balaban J connectivity index is 2.12. The normalized spacial score (nSPS) is 19.3. The van der Waals surface area contributed by atoms with Crippen LogP contribution in [-0.4, -0.2) is 31.5 Å². The van der Waals surface area contributed by atoms with Gasteiger partial charge in [0.25, 0.3) is 5.56 Å². The fourth-order valence-electron chi connectivity index (χ4n) is 2.14. The van der Waals surface area contributed by atoms with Crippen molar-refractivity contribution in [3.8, 4) is 0 Å². The average molecular weight is 406 g/mol. The minimum atomic E-state index is -1.89. The van der Waals surface area contributed by atoms with Gasteiger partial charge in [0, 0.05) is 12.6 Å². The minimum Gasteiger partial charge on any atom is -0.404 e. The van der Waals surface area contributed by atoms with E-state index in [2.05, 4.69) is 54.8 Å². The second kappa shape index (κ2) is 6.42. The zero-order valence-corrected chi connectivity index (χ0v) is 16.9. The Kier molecular flexibility index (Phi) is 5.26. The molecule has 1 unspecified atom stereocenters. The molecule has 0 spiro atoms. The van der Waals surface area contributed by atoms with Crippen LogP contribution in [0.1, 0.15) is 31.9 Å². The first-order valence-electron chi connectivity index (χ1n) is 7.75. The van der Waals surface area contributed by atoms with Crippen LogP contribution in [-0.2, 0) is 21.3 Å². The van der Waals surface area contributed by atoms with E-state index >= 15 is 0 Å². The summed E-state index contributed by atoms with van der Waals surface area (Å²) in [5.74, 6) is 0. The molecule has 7 heteroatoms. The number of halogens is 2. The van der Waals surface area contributed by atoms with Gasteiger partial charge < -0.3 is 14.1 Å². The summed E-state index contributed by atoms with van der Waals surface area (Å²) >= 11 is 3.57. The summed E-state index contributed by atoms with van der Waals surface area (Å²) in [6.07, 6.45) is 2.19. The standard InChI is InChI=1S/C16H25BrFNO3Si/c1-15(2,3)23(4,5)22-13(17)7-11-6-12(14(20)19-8-11)16(18)9-21-10-16/h6,8,13H,7,9-10H2,1-5H3,(H,19,20). The van der Waals surface area contributed by atoms with Gasteiger partial charge in [-0.25, -0.2) is 4.39 Å². The van der Waals surface area contributed by atoms with Crippen LogP contribution in [0.3, 0.4) is 0 Å². The Morgan fingerprint density at radius 3 is 2.57 bits per heavy atom. The molecule has 1 fully saturated rings. The van der Waals surface area contributed by atoms with E-state index in [1.165, 1.54) is 0 Å². The Hall–Kier alpha value is -0.503. The molecule has 2 heterocycles. The lowest BCUT2D eigenvalue weighted by Gasteiger charge is -2.38. The number of hydrogen-bond acceptors (Lipinski definition) is 3. The van der Waals surface area contributed by atoms with Gasteiger partial charge in [0.1, 0.15) is 5.01 Å². The quantitative estimate of drug-likeness (QED) is 0.597. The van der Waals surface area contributed by atoms with Crippen molar-refractivity contribution < 1.29 is 13.6 Å². The predicted molar refractivity (Wildman–Crippen MR) is 95.4 cm³/mol. The lowest BCUT2D eigenvalue weighted by Crippen LogP contribution is -2.46. The van der Waals surface area contributed by atoms with E-state index in [9.17, 15) is 9.18 Å². The van der Waals surface area contributed by atoms with Crippen molar-refractivity contribution in [1.82, 2.24) is 4.98 Å². The Morgan fingerprint density at radius 1 is 1.48 bits per heavy atom. The van der Waals surface area contributed by atoms with E-state index in [1.54, 1.807) is 12.3 Å². The van der Waals surface area contributed by atoms with Gasteiger partial charge in [0.15, 0.2) is 14.0 Å². The van der Waals surface area contributed by atoms with Gasteiger partial charge in [0.2, 0.25) is 0 Å². The first-order valence-corrected chi connectivity index (χ1v) is 11.6. The Morgan fingerprint density at radius 2 is 2.09 bits per heavy atom. The topological polar surface area (TPSA) is 51.3 Å². The third-order valence-corrected chi connectivity index (χ3v) is 10.1. The third kappa shape index (κ3) is 4.13. The van der Waals surface area contributed by atoms with E-state index in [0.717, 1.165) is 5.56 Å². The molecule has 0 aromatic carbocycles. The number of pyridine rings is 1. The first kappa shape index (κ1) is 18.8. The van der Waals surface area contributed by atoms with E-state index in [0.29, 0.717) is 6.42 Å². The van der Waals surface area contributed by atoms with Crippen molar-refractivity contribution >= 4 is 24.2 Å². The number of nitrogens with one attached hydrogen (secondary N) is 1. The summed E-state index contributed by atoms with van der Waals surface area (Å²) in [7, 11) is -1.89. The fraction of sp³-hybridized carbons (Fsp3) is 0.688. The molecular weight excluding hydrogens is 381 g/mol. The first-order chi connectivity index (χ1) is 10.4. The van der Waals surface area contributed by atoms with Crippen molar-refractivity contribution in [2.45, 2.75) is 56.0 Å². The second-order valence-electron chi connectivity index (χ2n) is 7.70. The van der Waals surface area contributed by atoms with E-state index in [4.69, 9.17) is 9.16 Å². The van der Waals surface area contributed by atoms with Crippen molar-refractivity contribution in [2.24, 2.45) is 0 Å². The summed E-state index contributed by atoms with van der Waals surface area (Å²) in [4.78, 5) is 14.5. The lowest BCUT2D eigenvalue weighted by molar-refractivity contribution is -0.136. The van der Waals surface area contributed by atoms with Gasteiger partial charge in [0.05, 0.1) is 18.8 Å². The molecule has 0 radical (unpaired) electrons. The molecule has 23 heavy (non-hydrogen) atoms. The molecule has 2 rings (SSSR count). The van der Waals surface area contributed by atoms with Gasteiger partial charge >= 0.3 is 0 Å². The summed E-state index contributed by atoms with van der Waals surface area (Å²) in [5, 5.41) is -0.0584. The molecule has 1 aliphatic heterocycles. The number of H-pyrrole nitrogens is 1. The maximum Gasteiger partial charge on any atom is 0.254 e. The molecule has 1 N–H and O–H groups in total. The maximum absolute atomic E-state index is 14.5. The third-order valence-electron chi connectivity index (χ3n) is 4.73. The van der Waals surface area contributed by atoms with E-state index in [1.807, 2.05) is 0 Å². The predicted octanol–water partition coefficient (Wildman–Crippen LogP) is 3.86. The van der Waals surface area contributed by atoms with Gasteiger partial charge in [-0.2, -0.15) is 0 Å². The monoisotopic (exact) mass is 405 g/mol. The van der Waals surface area contributed by atoms with Crippen LogP contribution in [0.5, 0.6) is 0 Å². The average Bonchev–Trinajstić information content (AvgIpc) is 2.36. The molecule has 0 saturated carbocycles. The number of alkyl halides is 2. The number of aromatic amines is 1. The van der Waals surface area contributed by atoms with Crippen LogP contribution in [0.15, 0.2) is 17.1 Å². The summed E-state index contributed by atoms with van der Waals surface area (Å²) < 4.78 is 25.6. The highest BCUT2D eigenvalue weighted by atomic mass is 79.9. The van der Waals surface area contributed by atoms with Gasteiger partial charge in [-0.15, -0.1) is 0 Å². The second-order valence-corrected chi connectivity index (χ2v) is 13.5. The molecule has 1 saturated heterocycles. The summed E-state index contributed by atoms with van der Waals surface area (Å²) in [6.45, 7) is 10.8. The van der Waals surface area contributed by atoms with Gasteiger partial charge in [-0.05, 0) is 29.8 Å². The highest BCUT2D eigenvalue weighted by Gasteiger charge is 2.43. The van der Waals surface area contributed by atoms with Crippen LogP contribution < -0.4 is 5.56 Å². The van der Waals surface area contributed by atoms with Gasteiger partial charge in [-0.1, -0.05) is 36.7 Å². The van der Waals surface area contributed by atoms with E-state index < -0.39 is 19.5 Å². The van der Waals surface area contributed by atoms with Crippen LogP contribution in [0.25, 0.3) is 0 Å². The number of aromatic nitrogens is 1. The molecule has 1 atom stereocenters. The summed E-state index contributed by atoms with van der Waals surface area (Å²) in [6, 6.07) is 1.63. The molecule has 130 valence electrons. The number of ether oxygens (including phenoxy) is 1. The molecular formula is C16H25BrFNO3Si. The van der Waals surface area contributed by atoms with Crippen molar-refractivity contribution in [3.63, 3.8) is 0 Å². The van der Waals surface area contributed by atoms with Crippen molar-refractivity contribution in [1.29, 1.82) is 0 Å². The highest BCUT2D eigenvalue weighted by Crippen LogP contribution is 2.38.